The van der Waals surface area contributed by atoms with Crippen molar-refractivity contribution >= 4 is 28.4 Å². The number of aryl methyl sites for hydroxylation is 3. The highest BCUT2D eigenvalue weighted by atomic mass is 16.3. The monoisotopic (exact) mass is 459 g/mol. The zero-order chi connectivity index (χ0) is 24.1. The Hall–Kier alpha value is -3.91. The zero-order valence-corrected chi connectivity index (χ0v) is 19.1. The number of rotatable bonds is 10. The van der Waals surface area contributed by atoms with E-state index >= 15 is 0 Å². The lowest BCUT2D eigenvalue weighted by atomic mass is 10.1. The number of hydrogen-bond donors (Lipinski definition) is 3. The number of carbonyl (C=O) groups is 2. The van der Waals surface area contributed by atoms with E-state index in [1.807, 2.05) is 37.4 Å². The van der Waals surface area contributed by atoms with E-state index in [9.17, 15) is 14.7 Å². The van der Waals surface area contributed by atoms with E-state index in [0.717, 1.165) is 22.2 Å². The molecule has 8 nitrogen and oxygen atoms in total. The average Bonchev–Trinajstić information content (AvgIpc) is 3.47. The van der Waals surface area contributed by atoms with Crippen LogP contribution in [-0.2, 0) is 17.8 Å². The summed E-state index contributed by atoms with van der Waals surface area (Å²) in [6.07, 6.45) is 6.39. The topological polar surface area (TPSA) is 115 Å². The van der Waals surface area contributed by atoms with Crippen LogP contribution >= 0.6 is 0 Å². The van der Waals surface area contributed by atoms with Crippen LogP contribution in [0.1, 0.15) is 47.1 Å². The van der Waals surface area contributed by atoms with Crippen LogP contribution in [0.5, 0.6) is 0 Å². The minimum absolute atomic E-state index is 0.0168. The number of aromatic nitrogens is 3. The van der Waals surface area contributed by atoms with Gasteiger partial charge in [-0.15, -0.1) is 0 Å². The molecule has 0 aliphatic carbocycles. The highest BCUT2D eigenvalue weighted by molar-refractivity contribution is 5.94. The van der Waals surface area contributed by atoms with Crippen LogP contribution in [0, 0.1) is 6.92 Å². The smallest absolute Gasteiger partial charge is 0.268 e. The van der Waals surface area contributed by atoms with Gasteiger partial charge in [-0.25, -0.2) is 4.98 Å². The molecule has 2 heterocycles. The molecule has 8 heteroatoms. The number of imidazole rings is 1. The Bertz CT molecular complexity index is 1290. The second kappa shape index (κ2) is 10.4. The summed E-state index contributed by atoms with van der Waals surface area (Å²) in [5.41, 5.74) is 9.47. The molecule has 2 amide bonds. The molecule has 4 rings (SSSR count). The molecule has 0 saturated carbocycles. The Labute approximate surface area is 198 Å². The van der Waals surface area contributed by atoms with Crippen molar-refractivity contribution < 1.29 is 14.7 Å². The van der Waals surface area contributed by atoms with Crippen molar-refractivity contribution in [2.24, 2.45) is 5.73 Å². The van der Waals surface area contributed by atoms with Crippen molar-refractivity contribution in [3.8, 4) is 0 Å². The minimum Gasteiger partial charge on any atom is -0.373 e. The van der Waals surface area contributed by atoms with Gasteiger partial charge >= 0.3 is 0 Å². The Morgan fingerprint density at radius 1 is 1.15 bits per heavy atom. The molecule has 1 unspecified atom stereocenters. The maximum Gasteiger partial charge on any atom is 0.268 e. The van der Waals surface area contributed by atoms with Gasteiger partial charge in [0.1, 0.15) is 11.9 Å². The highest BCUT2D eigenvalue weighted by Crippen LogP contribution is 2.22. The van der Waals surface area contributed by atoms with Crippen molar-refractivity contribution in [2.75, 3.05) is 5.32 Å². The van der Waals surface area contributed by atoms with Crippen molar-refractivity contribution in [3.63, 3.8) is 0 Å². The molecule has 0 saturated heterocycles. The minimum atomic E-state index is -0.786. The number of hydrogen-bond acceptors (Lipinski definition) is 4. The Balaban J connectivity index is 1.32. The van der Waals surface area contributed by atoms with Gasteiger partial charge in [-0.3, -0.25) is 9.59 Å². The zero-order valence-electron chi connectivity index (χ0n) is 19.1. The fourth-order valence-electron chi connectivity index (χ4n) is 3.91. The average molecular weight is 460 g/mol. The maximum atomic E-state index is 12.5. The molecule has 176 valence electrons. The predicted octanol–water partition coefficient (Wildman–Crippen LogP) is 3.79. The summed E-state index contributed by atoms with van der Waals surface area (Å²) in [5, 5.41) is 14.4. The molecular weight excluding hydrogens is 430 g/mol. The first-order valence-electron chi connectivity index (χ1n) is 11.3. The number of benzene rings is 2. The van der Waals surface area contributed by atoms with E-state index in [4.69, 9.17) is 5.73 Å². The molecule has 4 N–H and O–H groups in total. The summed E-state index contributed by atoms with van der Waals surface area (Å²) >= 11 is 0. The number of nitrogens with zero attached hydrogens (tertiary/aromatic N) is 3. The molecule has 1 atom stereocenters. The number of nitrogens with two attached hydrogens (primary N) is 1. The van der Waals surface area contributed by atoms with Gasteiger partial charge in [-0.1, -0.05) is 35.9 Å². The fourth-order valence-corrected chi connectivity index (χ4v) is 3.91. The molecule has 0 bridgehead atoms. The molecule has 0 fully saturated rings. The van der Waals surface area contributed by atoms with Gasteiger partial charge in [-0.2, -0.15) is 0 Å². The summed E-state index contributed by atoms with van der Waals surface area (Å²) in [7, 11) is 0. The third-order valence-corrected chi connectivity index (χ3v) is 5.88. The van der Waals surface area contributed by atoms with Gasteiger partial charge in [0.05, 0.1) is 11.8 Å². The van der Waals surface area contributed by atoms with Crippen LogP contribution in [0.25, 0.3) is 10.9 Å². The molecule has 0 spiro atoms. The molecule has 2 aromatic heterocycles. The van der Waals surface area contributed by atoms with Gasteiger partial charge < -0.3 is 25.3 Å². The van der Waals surface area contributed by atoms with Gasteiger partial charge in [-0.05, 0) is 55.3 Å². The van der Waals surface area contributed by atoms with Crippen molar-refractivity contribution in [3.05, 3.63) is 84.1 Å². The van der Waals surface area contributed by atoms with E-state index in [2.05, 4.69) is 39.1 Å². The summed E-state index contributed by atoms with van der Waals surface area (Å²) in [6, 6.07) is 16.1. The van der Waals surface area contributed by atoms with Crippen LogP contribution in [-0.4, -0.2) is 31.0 Å². The van der Waals surface area contributed by atoms with Crippen LogP contribution in [0.4, 0.5) is 5.69 Å². The Morgan fingerprint density at radius 3 is 2.68 bits per heavy atom. The lowest BCUT2D eigenvalue weighted by Gasteiger charge is -2.13. The molecule has 0 aliphatic rings. The standard InChI is InChI=1S/C26H29N5O3/c1-18-4-6-19(7-5-18)8-11-24(32)29-21-10-9-20-12-14-30(23(20)15-21)13-2-3-25(33)31-16-22(26(27)34)28-17-31/h4-7,9-10,12,14-17,25,33H,2-3,8,11,13H2,1H3,(H2,27,34)(H,29,32). The predicted molar refractivity (Wildman–Crippen MR) is 131 cm³/mol. The number of aliphatic hydroxyl groups excluding tert-OH is 1. The molecular formula is C26H29N5O3. The van der Waals surface area contributed by atoms with Crippen molar-refractivity contribution in [2.45, 2.75) is 45.4 Å². The first-order valence-corrected chi connectivity index (χ1v) is 11.3. The van der Waals surface area contributed by atoms with E-state index in [1.165, 1.54) is 22.7 Å². The summed E-state index contributed by atoms with van der Waals surface area (Å²) in [6.45, 7) is 2.74. The van der Waals surface area contributed by atoms with Gasteiger partial charge in [0.25, 0.3) is 5.91 Å². The first-order chi connectivity index (χ1) is 16.4. The van der Waals surface area contributed by atoms with E-state index < -0.39 is 12.1 Å². The number of aliphatic hydroxyl groups is 1. The number of primary amides is 1. The maximum absolute atomic E-state index is 12.5. The number of anilines is 1. The lowest BCUT2D eigenvalue weighted by molar-refractivity contribution is -0.116. The summed E-state index contributed by atoms with van der Waals surface area (Å²) < 4.78 is 3.59. The Morgan fingerprint density at radius 2 is 1.94 bits per heavy atom. The Kier molecular flexibility index (Phi) is 7.08. The fraction of sp³-hybridized carbons (Fsp3) is 0.269. The summed E-state index contributed by atoms with van der Waals surface area (Å²) in [4.78, 5) is 27.5. The second-order valence-electron chi connectivity index (χ2n) is 8.51. The van der Waals surface area contributed by atoms with E-state index in [0.29, 0.717) is 32.2 Å². The second-order valence-corrected chi connectivity index (χ2v) is 8.51. The van der Waals surface area contributed by atoms with Gasteiger partial charge in [0, 0.05) is 31.0 Å². The van der Waals surface area contributed by atoms with Crippen molar-refractivity contribution in [1.29, 1.82) is 0 Å². The molecule has 0 radical (unpaired) electrons. The third kappa shape index (κ3) is 5.71. The molecule has 34 heavy (non-hydrogen) atoms. The molecule has 2 aromatic carbocycles. The molecule has 4 aromatic rings. The number of amides is 2. The summed E-state index contributed by atoms with van der Waals surface area (Å²) in [5.74, 6) is -0.639. The SMILES string of the molecule is Cc1ccc(CCC(=O)Nc2ccc3ccn(CCCC(O)n4cnc(C(N)=O)c4)c3c2)cc1. The number of nitrogens with one attached hydrogen (secondary N) is 1. The van der Waals surface area contributed by atoms with Crippen LogP contribution in [0.3, 0.4) is 0 Å². The highest BCUT2D eigenvalue weighted by Gasteiger charge is 2.11. The van der Waals surface area contributed by atoms with E-state index in [1.54, 1.807) is 0 Å². The third-order valence-electron chi connectivity index (χ3n) is 5.88. The first kappa shape index (κ1) is 23.3. The lowest BCUT2D eigenvalue weighted by Crippen LogP contribution is -2.12. The van der Waals surface area contributed by atoms with Crippen LogP contribution in [0.15, 0.2) is 67.3 Å². The van der Waals surface area contributed by atoms with E-state index in [-0.39, 0.29) is 11.6 Å². The largest absolute Gasteiger partial charge is 0.373 e. The van der Waals surface area contributed by atoms with Crippen molar-refractivity contribution in [1.82, 2.24) is 14.1 Å². The number of carbonyl (C=O) groups excluding carboxylic acids is 2. The molecule has 0 aliphatic heterocycles. The quantitative estimate of drug-likeness (QED) is 0.335. The van der Waals surface area contributed by atoms with Gasteiger partial charge in [0.2, 0.25) is 5.91 Å². The van der Waals surface area contributed by atoms with Crippen LogP contribution < -0.4 is 11.1 Å². The van der Waals surface area contributed by atoms with Crippen LogP contribution in [0.2, 0.25) is 0 Å². The number of fused-ring (bicyclic) bond motifs is 1. The normalized spacial score (nSPS) is 12.1. The van der Waals surface area contributed by atoms with Gasteiger partial charge in [0.15, 0.2) is 0 Å².